The van der Waals surface area contributed by atoms with Gasteiger partial charge in [-0.2, -0.15) is 0 Å². The van der Waals surface area contributed by atoms with Crippen LogP contribution in [0.5, 0.6) is 23.0 Å². The van der Waals surface area contributed by atoms with Crippen LogP contribution in [-0.4, -0.2) is 82.8 Å². The number of anilines is 2. The van der Waals surface area contributed by atoms with E-state index in [0.29, 0.717) is 36.5 Å². The van der Waals surface area contributed by atoms with Gasteiger partial charge in [-0.25, -0.2) is 0 Å². The Morgan fingerprint density at radius 1 is 0.692 bits per heavy atom. The van der Waals surface area contributed by atoms with Gasteiger partial charge in [-0.05, 0) is 104 Å². The summed E-state index contributed by atoms with van der Waals surface area (Å²) >= 11 is 0. The van der Waals surface area contributed by atoms with Crippen molar-refractivity contribution in [2.24, 2.45) is 27.8 Å². The van der Waals surface area contributed by atoms with Gasteiger partial charge in [-0.3, -0.25) is 9.97 Å². The molecule has 12 heteroatoms. The zero-order valence-electron chi connectivity index (χ0n) is 30.9. The Morgan fingerprint density at radius 2 is 1.10 bits per heavy atom. The third-order valence-corrected chi connectivity index (χ3v) is 12.4. The molecule has 4 fully saturated rings. The van der Waals surface area contributed by atoms with Gasteiger partial charge in [0.2, 0.25) is 0 Å². The monoisotopic (exact) mass is 709 g/mol. The number of fused-ring (bicyclic) bond motifs is 2. The fraction of sp³-hybridized carbons (Fsp3) is 0.550. The number of ether oxygens (including phenoxy) is 4. The first-order chi connectivity index (χ1) is 25.4. The number of piperidine rings is 2. The first-order valence-corrected chi connectivity index (χ1v) is 18.5. The molecule has 2 aromatic heterocycles. The highest BCUT2D eigenvalue weighted by atomic mass is 16.5. The van der Waals surface area contributed by atoms with Gasteiger partial charge in [0.1, 0.15) is 0 Å². The van der Waals surface area contributed by atoms with Crippen molar-refractivity contribution >= 4 is 33.2 Å². The van der Waals surface area contributed by atoms with Crippen LogP contribution >= 0.6 is 0 Å². The Morgan fingerprint density at radius 3 is 1.46 bits per heavy atom. The van der Waals surface area contributed by atoms with Gasteiger partial charge in [-0.1, -0.05) is 5.11 Å². The van der Waals surface area contributed by atoms with Gasteiger partial charge < -0.3 is 33.9 Å². The topological polar surface area (TPSA) is 138 Å². The minimum Gasteiger partial charge on any atom is -0.493 e. The average Bonchev–Trinajstić information content (AvgIpc) is 4.15. The molecule has 2 aliphatic heterocycles. The molecule has 0 atom stereocenters. The highest BCUT2D eigenvalue weighted by Gasteiger charge is 2.50. The molecule has 52 heavy (non-hydrogen) atoms. The van der Waals surface area contributed by atoms with E-state index in [-0.39, 0.29) is 10.8 Å². The molecule has 0 amide bonds. The van der Waals surface area contributed by atoms with E-state index >= 15 is 0 Å². The molecule has 2 saturated carbocycles. The quantitative estimate of drug-likeness (QED) is 0.0939. The molecule has 2 aromatic carbocycles. The SMILES string of the molecule is COc1cc2nccc(N3CCC(C4(CN=[N+]=[N-])CC4)CC3)c2cc1OC.COc1cc2nccc(N3CCC(C4(CO)CC4)CC3)c2cc1OC. The third kappa shape index (κ3) is 6.94. The zero-order valence-corrected chi connectivity index (χ0v) is 30.9. The molecule has 4 heterocycles. The average molecular weight is 710 g/mol. The zero-order chi connectivity index (χ0) is 36.3. The molecule has 2 aliphatic carbocycles. The highest BCUT2D eigenvalue weighted by Crippen LogP contribution is 2.56. The van der Waals surface area contributed by atoms with E-state index in [4.69, 9.17) is 24.5 Å². The molecule has 0 unspecified atom stereocenters. The van der Waals surface area contributed by atoms with Crippen molar-refractivity contribution in [3.63, 3.8) is 0 Å². The maximum Gasteiger partial charge on any atom is 0.162 e. The number of hydrogen-bond acceptors (Lipinski definition) is 10. The number of pyridine rings is 2. The van der Waals surface area contributed by atoms with Gasteiger partial charge in [-0.15, -0.1) is 0 Å². The molecule has 8 rings (SSSR count). The number of benzene rings is 2. The van der Waals surface area contributed by atoms with Crippen LogP contribution in [0.1, 0.15) is 51.4 Å². The lowest BCUT2D eigenvalue weighted by Gasteiger charge is -2.37. The van der Waals surface area contributed by atoms with Gasteiger partial charge in [0, 0.05) is 90.9 Å². The van der Waals surface area contributed by atoms with Gasteiger partial charge in [0.15, 0.2) is 23.0 Å². The number of rotatable bonds is 11. The summed E-state index contributed by atoms with van der Waals surface area (Å²) in [5.74, 6) is 4.18. The molecule has 0 bridgehead atoms. The van der Waals surface area contributed by atoms with Crippen molar-refractivity contribution in [1.29, 1.82) is 0 Å². The first kappa shape index (κ1) is 35.7. The Kier molecular flexibility index (Phi) is 10.4. The number of aliphatic hydroxyl groups excluding tert-OH is 1. The van der Waals surface area contributed by atoms with Crippen LogP contribution in [-0.2, 0) is 0 Å². The molecule has 276 valence electrons. The minimum absolute atomic E-state index is 0.239. The van der Waals surface area contributed by atoms with E-state index < -0.39 is 0 Å². The Labute approximate surface area is 305 Å². The van der Waals surface area contributed by atoms with E-state index in [0.717, 1.165) is 85.2 Å². The Bertz CT molecular complexity index is 1930. The number of nitrogens with zero attached hydrogens (tertiary/aromatic N) is 7. The summed E-state index contributed by atoms with van der Waals surface area (Å²) in [7, 11) is 6.61. The number of methoxy groups -OCH3 is 4. The Hall–Kier alpha value is -4.67. The van der Waals surface area contributed by atoms with Crippen LogP contribution < -0.4 is 28.7 Å². The summed E-state index contributed by atoms with van der Waals surface area (Å²) in [5, 5.41) is 15.7. The summed E-state index contributed by atoms with van der Waals surface area (Å²) in [4.78, 5) is 16.9. The standard InChI is InChI=1S/C20H25N5O2.C20H26N2O3/c1-26-18-11-15-16(12-19(18)27-2)22-8-3-17(15)25-9-4-14(5-10-25)20(6-7-20)13-23-24-21;1-24-18-11-15-16(12-19(18)25-2)21-8-3-17(15)22-9-4-14(5-10-22)20(13-23)6-7-20/h3,8,11-12,14H,4-7,9-10,13H2,1-2H3;3,8,11-12,14,23H,4-7,9-10,13H2,1-2H3. The normalized spacial score (nSPS) is 19.3. The maximum absolute atomic E-state index is 9.69. The van der Waals surface area contributed by atoms with Crippen molar-refractivity contribution < 1.29 is 24.1 Å². The molecular formula is C40H51N7O5. The van der Waals surface area contributed by atoms with E-state index in [9.17, 15) is 5.11 Å². The van der Waals surface area contributed by atoms with Gasteiger partial charge >= 0.3 is 0 Å². The molecule has 0 radical (unpaired) electrons. The van der Waals surface area contributed by atoms with Crippen molar-refractivity contribution in [3.05, 3.63) is 59.2 Å². The second kappa shape index (κ2) is 15.1. The predicted octanol–water partition coefficient (Wildman–Crippen LogP) is 7.80. The molecule has 1 N–H and O–H groups in total. The minimum atomic E-state index is 0.239. The van der Waals surface area contributed by atoms with Gasteiger partial charge in [0.05, 0.1) is 39.5 Å². The summed E-state index contributed by atoms with van der Waals surface area (Å²) in [6.07, 6.45) is 13.1. The molecular weight excluding hydrogens is 658 g/mol. The second-order valence-corrected chi connectivity index (χ2v) is 14.9. The maximum atomic E-state index is 9.69. The van der Waals surface area contributed by atoms with E-state index in [2.05, 4.69) is 41.9 Å². The van der Waals surface area contributed by atoms with Crippen LogP contribution in [0.3, 0.4) is 0 Å². The first-order valence-electron chi connectivity index (χ1n) is 18.5. The number of aliphatic hydroxyl groups is 1. The predicted molar refractivity (Wildman–Crippen MR) is 204 cm³/mol. The summed E-state index contributed by atoms with van der Waals surface area (Å²) in [6.45, 7) is 5.09. The van der Waals surface area contributed by atoms with E-state index in [1.54, 1.807) is 28.4 Å². The largest absolute Gasteiger partial charge is 0.493 e. The summed E-state index contributed by atoms with van der Waals surface area (Å²) in [6, 6.07) is 12.1. The molecule has 12 nitrogen and oxygen atoms in total. The summed E-state index contributed by atoms with van der Waals surface area (Å²) < 4.78 is 21.8. The lowest BCUT2D eigenvalue weighted by Crippen LogP contribution is -2.37. The molecule has 4 aromatic rings. The van der Waals surface area contributed by atoms with Crippen LogP contribution in [0.2, 0.25) is 0 Å². The van der Waals surface area contributed by atoms with Crippen LogP contribution in [0.15, 0.2) is 53.9 Å². The van der Waals surface area contributed by atoms with Crippen molar-refractivity contribution in [2.75, 3.05) is 77.6 Å². The lowest BCUT2D eigenvalue weighted by molar-refractivity contribution is 0.137. The smallest absolute Gasteiger partial charge is 0.162 e. The fourth-order valence-electron chi connectivity index (χ4n) is 8.82. The third-order valence-electron chi connectivity index (χ3n) is 12.4. The number of aromatic nitrogens is 2. The number of hydrogen-bond donors (Lipinski definition) is 1. The van der Waals surface area contributed by atoms with E-state index in [1.807, 2.05) is 36.7 Å². The highest BCUT2D eigenvalue weighted by molar-refractivity contribution is 5.95. The van der Waals surface area contributed by atoms with Gasteiger partial charge in [0.25, 0.3) is 0 Å². The Balaban J connectivity index is 0.000000162. The fourth-order valence-corrected chi connectivity index (χ4v) is 8.82. The molecule has 0 spiro atoms. The van der Waals surface area contributed by atoms with Crippen molar-refractivity contribution in [2.45, 2.75) is 51.4 Å². The van der Waals surface area contributed by atoms with Crippen molar-refractivity contribution in [1.82, 2.24) is 9.97 Å². The van der Waals surface area contributed by atoms with Crippen LogP contribution in [0.4, 0.5) is 11.4 Å². The van der Waals surface area contributed by atoms with E-state index in [1.165, 1.54) is 37.1 Å². The van der Waals surface area contributed by atoms with Crippen LogP contribution in [0.25, 0.3) is 32.2 Å². The lowest BCUT2D eigenvalue weighted by atomic mass is 9.81. The number of azide groups is 1. The van der Waals surface area contributed by atoms with Crippen molar-refractivity contribution in [3.8, 4) is 23.0 Å². The molecule has 4 aliphatic rings. The molecule has 2 saturated heterocycles. The second-order valence-electron chi connectivity index (χ2n) is 14.9. The van der Waals surface area contributed by atoms with Crippen LogP contribution in [0, 0.1) is 22.7 Å². The summed E-state index contributed by atoms with van der Waals surface area (Å²) in [5.41, 5.74) is 13.4.